The zero-order valence-electron chi connectivity index (χ0n) is 13.0. The summed E-state index contributed by atoms with van der Waals surface area (Å²) in [4.78, 5) is 13.5. The van der Waals surface area contributed by atoms with Crippen LogP contribution in [0.2, 0.25) is 0 Å². The van der Waals surface area contributed by atoms with Gasteiger partial charge in [-0.15, -0.1) is 0 Å². The number of amides is 1. The molecule has 2 N–H and O–H groups in total. The van der Waals surface area contributed by atoms with Crippen molar-refractivity contribution in [3.05, 3.63) is 0 Å². The van der Waals surface area contributed by atoms with E-state index in [0.29, 0.717) is 18.5 Å². The van der Waals surface area contributed by atoms with Crippen LogP contribution in [0, 0.1) is 5.92 Å². The first kappa shape index (κ1) is 16.2. The molecule has 1 aliphatic heterocycles. The summed E-state index contributed by atoms with van der Waals surface area (Å²) in [5.74, 6) is 0.415. The molecule has 1 saturated heterocycles. The standard InChI is InChI=1S/C14H29N3O2/c1-11(8-16-12-6-7-15-9-12)10-17(5)13(18)19-14(2,3)4/h11-12,15-16H,6-10H2,1-5H3. The molecule has 112 valence electrons. The molecule has 0 aliphatic carbocycles. The van der Waals surface area contributed by atoms with Crippen molar-refractivity contribution in [2.24, 2.45) is 5.92 Å². The average Bonchev–Trinajstić information content (AvgIpc) is 2.76. The fraction of sp³-hybridized carbons (Fsp3) is 0.929. The highest BCUT2D eigenvalue weighted by Crippen LogP contribution is 2.10. The smallest absolute Gasteiger partial charge is 0.410 e. The molecule has 0 spiro atoms. The third kappa shape index (κ3) is 6.78. The lowest BCUT2D eigenvalue weighted by atomic mass is 10.1. The van der Waals surface area contributed by atoms with Gasteiger partial charge < -0.3 is 20.3 Å². The number of carbonyl (C=O) groups is 1. The maximum Gasteiger partial charge on any atom is 0.410 e. The van der Waals surface area contributed by atoms with E-state index in [4.69, 9.17) is 4.74 Å². The van der Waals surface area contributed by atoms with Gasteiger partial charge in [0.15, 0.2) is 0 Å². The number of nitrogens with zero attached hydrogens (tertiary/aromatic N) is 1. The summed E-state index contributed by atoms with van der Waals surface area (Å²) in [6, 6.07) is 0.578. The summed E-state index contributed by atoms with van der Waals surface area (Å²) in [5.41, 5.74) is -0.428. The quantitative estimate of drug-likeness (QED) is 0.794. The Bertz CT molecular complexity index is 283. The molecule has 1 rings (SSSR count). The van der Waals surface area contributed by atoms with Gasteiger partial charge in [0.25, 0.3) is 0 Å². The van der Waals surface area contributed by atoms with E-state index in [-0.39, 0.29) is 6.09 Å². The third-order valence-electron chi connectivity index (χ3n) is 3.11. The molecule has 1 fully saturated rings. The predicted molar refractivity (Wildman–Crippen MR) is 77.3 cm³/mol. The zero-order chi connectivity index (χ0) is 14.5. The molecule has 19 heavy (non-hydrogen) atoms. The fourth-order valence-corrected chi connectivity index (χ4v) is 2.14. The van der Waals surface area contributed by atoms with Gasteiger partial charge >= 0.3 is 6.09 Å². The van der Waals surface area contributed by atoms with E-state index in [2.05, 4.69) is 17.6 Å². The Morgan fingerprint density at radius 1 is 1.53 bits per heavy atom. The molecule has 0 radical (unpaired) electrons. The van der Waals surface area contributed by atoms with Gasteiger partial charge in [0.1, 0.15) is 5.60 Å². The van der Waals surface area contributed by atoms with Crippen molar-refractivity contribution in [2.45, 2.75) is 45.8 Å². The van der Waals surface area contributed by atoms with Gasteiger partial charge in [0.05, 0.1) is 0 Å². The first-order valence-electron chi connectivity index (χ1n) is 7.16. The Hall–Kier alpha value is -0.810. The molecule has 2 unspecified atom stereocenters. The Labute approximate surface area is 117 Å². The van der Waals surface area contributed by atoms with Crippen LogP contribution in [0.3, 0.4) is 0 Å². The third-order valence-corrected chi connectivity index (χ3v) is 3.11. The molecule has 0 saturated carbocycles. The number of ether oxygens (including phenoxy) is 1. The summed E-state index contributed by atoms with van der Waals surface area (Å²) >= 11 is 0. The summed E-state index contributed by atoms with van der Waals surface area (Å²) < 4.78 is 5.33. The van der Waals surface area contributed by atoms with Crippen molar-refractivity contribution >= 4 is 6.09 Å². The van der Waals surface area contributed by atoms with Gasteiger partial charge in [0, 0.05) is 26.2 Å². The normalized spacial score (nSPS) is 21.2. The Balaban J connectivity index is 2.22. The lowest BCUT2D eigenvalue weighted by Gasteiger charge is -2.27. The highest BCUT2D eigenvalue weighted by atomic mass is 16.6. The molecule has 1 amide bonds. The van der Waals surface area contributed by atoms with Crippen LogP contribution in [0.1, 0.15) is 34.1 Å². The minimum absolute atomic E-state index is 0.248. The molecule has 1 aliphatic rings. The maximum atomic E-state index is 11.8. The van der Waals surface area contributed by atoms with Crippen LogP contribution in [0.4, 0.5) is 4.79 Å². The number of carbonyl (C=O) groups excluding carboxylic acids is 1. The largest absolute Gasteiger partial charge is 0.444 e. The van der Waals surface area contributed by atoms with Gasteiger partial charge in [-0.1, -0.05) is 6.92 Å². The van der Waals surface area contributed by atoms with Crippen LogP contribution in [-0.2, 0) is 4.74 Å². The number of nitrogens with one attached hydrogen (secondary N) is 2. The van der Waals surface area contributed by atoms with Gasteiger partial charge in [0.2, 0.25) is 0 Å². The molecule has 0 aromatic rings. The van der Waals surface area contributed by atoms with Crippen molar-refractivity contribution in [1.29, 1.82) is 0 Å². The number of hydrogen-bond donors (Lipinski definition) is 2. The summed E-state index contributed by atoms with van der Waals surface area (Å²) in [5, 5.41) is 6.87. The van der Waals surface area contributed by atoms with E-state index in [1.165, 1.54) is 6.42 Å². The first-order valence-corrected chi connectivity index (χ1v) is 7.16. The van der Waals surface area contributed by atoms with Gasteiger partial charge in [-0.3, -0.25) is 0 Å². The number of rotatable bonds is 5. The van der Waals surface area contributed by atoms with E-state index >= 15 is 0 Å². The highest BCUT2D eigenvalue weighted by Gasteiger charge is 2.21. The van der Waals surface area contributed by atoms with Crippen LogP contribution >= 0.6 is 0 Å². The predicted octanol–water partition coefficient (Wildman–Crippen LogP) is 1.44. The first-order chi connectivity index (χ1) is 8.78. The molecule has 0 bridgehead atoms. The molecular formula is C14H29N3O2. The molecule has 5 nitrogen and oxygen atoms in total. The van der Waals surface area contributed by atoms with E-state index < -0.39 is 5.60 Å². The Morgan fingerprint density at radius 3 is 2.74 bits per heavy atom. The maximum absolute atomic E-state index is 11.8. The average molecular weight is 271 g/mol. The topological polar surface area (TPSA) is 53.6 Å². The van der Waals surface area contributed by atoms with E-state index in [9.17, 15) is 4.79 Å². The second-order valence-corrected chi connectivity index (χ2v) is 6.56. The van der Waals surface area contributed by atoms with Crippen LogP contribution < -0.4 is 10.6 Å². The van der Waals surface area contributed by atoms with Crippen LogP contribution in [0.25, 0.3) is 0 Å². The SMILES string of the molecule is CC(CNC1CCNC1)CN(C)C(=O)OC(C)(C)C. The van der Waals surface area contributed by atoms with Crippen molar-refractivity contribution in [1.82, 2.24) is 15.5 Å². The number of hydrogen-bond acceptors (Lipinski definition) is 4. The van der Waals surface area contributed by atoms with Crippen molar-refractivity contribution in [3.63, 3.8) is 0 Å². The minimum Gasteiger partial charge on any atom is -0.444 e. The summed E-state index contributed by atoms with van der Waals surface area (Å²) in [6.45, 7) is 11.6. The molecule has 0 aromatic heterocycles. The monoisotopic (exact) mass is 271 g/mol. The van der Waals surface area contributed by atoms with Crippen LogP contribution in [-0.4, -0.2) is 55.9 Å². The Kier molecular flexibility index (Phi) is 6.07. The molecule has 1 heterocycles. The Morgan fingerprint density at radius 2 is 2.21 bits per heavy atom. The van der Waals surface area contributed by atoms with E-state index in [0.717, 1.165) is 19.6 Å². The summed E-state index contributed by atoms with van der Waals surface area (Å²) in [7, 11) is 1.79. The summed E-state index contributed by atoms with van der Waals surface area (Å²) in [6.07, 6.45) is 0.941. The molecular weight excluding hydrogens is 242 g/mol. The van der Waals surface area contributed by atoms with Crippen LogP contribution in [0.15, 0.2) is 0 Å². The minimum atomic E-state index is -0.428. The van der Waals surface area contributed by atoms with Gasteiger partial charge in [-0.05, 0) is 46.2 Å². The molecule has 0 aromatic carbocycles. The molecule has 2 atom stereocenters. The van der Waals surface area contributed by atoms with Crippen LogP contribution in [0.5, 0.6) is 0 Å². The van der Waals surface area contributed by atoms with Crippen molar-refractivity contribution in [3.8, 4) is 0 Å². The van der Waals surface area contributed by atoms with Gasteiger partial charge in [-0.2, -0.15) is 0 Å². The van der Waals surface area contributed by atoms with E-state index in [1.54, 1.807) is 11.9 Å². The fourth-order valence-electron chi connectivity index (χ4n) is 2.14. The molecule has 5 heteroatoms. The second-order valence-electron chi connectivity index (χ2n) is 6.56. The van der Waals surface area contributed by atoms with Crippen molar-refractivity contribution in [2.75, 3.05) is 33.2 Å². The lowest BCUT2D eigenvalue weighted by molar-refractivity contribution is 0.0276. The second kappa shape index (κ2) is 7.10. The van der Waals surface area contributed by atoms with Crippen molar-refractivity contribution < 1.29 is 9.53 Å². The lowest BCUT2D eigenvalue weighted by Crippen LogP contribution is -2.40. The van der Waals surface area contributed by atoms with Gasteiger partial charge in [-0.25, -0.2) is 4.79 Å². The van der Waals surface area contributed by atoms with E-state index in [1.807, 2.05) is 20.8 Å². The highest BCUT2D eigenvalue weighted by molar-refractivity contribution is 5.67. The zero-order valence-corrected chi connectivity index (χ0v) is 13.0.